The third-order valence-electron chi connectivity index (χ3n) is 11.2. The molecule has 9 nitrogen and oxygen atoms in total. The van der Waals surface area contributed by atoms with Crippen molar-refractivity contribution in [1.82, 2.24) is 5.32 Å². The van der Waals surface area contributed by atoms with Crippen LogP contribution in [0.2, 0.25) is 0 Å². The molecule has 57 heavy (non-hydrogen) atoms. The lowest BCUT2D eigenvalue weighted by Crippen LogP contribution is -2.60. The van der Waals surface area contributed by atoms with Crippen LogP contribution < -0.4 is 5.32 Å². The molecular weight excluding hydrogens is 719 g/mol. The summed E-state index contributed by atoms with van der Waals surface area (Å²) in [6.07, 6.45) is 41.0. The molecule has 1 amide bonds. The molecule has 1 aliphatic rings. The van der Waals surface area contributed by atoms with Crippen LogP contribution >= 0.6 is 0 Å². The summed E-state index contributed by atoms with van der Waals surface area (Å²) in [7, 11) is 0. The molecular formula is C48H89NO8. The highest BCUT2D eigenvalue weighted by molar-refractivity contribution is 5.76. The van der Waals surface area contributed by atoms with Crippen molar-refractivity contribution in [2.24, 2.45) is 0 Å². The Hall–Kier alpha value is -1.59. The molecule has 1 fully saturated rings. The Bertz CT molecular complexity index is 987. The van der Waals surface area contributed by atoms with E-state index >= 15 is 0 Å². The molecule has 9 heteroatoms. The third-order valence-corrected chi connectivity index (χ3v) is 11.2. The van der Waals surface area contributed by atoms with Gasteiger partial charge >= 0.3 is 0 Å². The van der Waals surface area contributed by atoms with Crippen LogP contribution in [0.5, 0.6) is 0 Å². The van der Waals surface area contributed by atoms with Crippen LogP contribution in [-0.4, -0.2) is 87.5 Å². The summed E-state index contributed by atoms with van der Waals surface area (Å²) in [5.41, 5.74) is 0. The van der Waals surface area contributed by atoms with Crippen LogP contribution in [0, 0.1) is 0 Å². The van der Waals surface area contributed by atoms with Gasteiger partial charge in [-0.25, -0.2) is 0 Å². The number of aliphatic hydroxyl groups is 5. The van der Waals surface area contributed by atoms with Crippen LogP contribution in [0.3, 0.4) is 0 Å². The number of rotatable bonds is 39. The van der Waals surface area contributed by atoms with Gasteiger partial charge in [0.15, 0.2) is 6.29 Å². The van der Waals surface area contributed by atoms with Gasteiger partial charge in [-0.2, -0.15) is 0 Å². The van der Waals surface area contributed by atoms with Crippen LogP contribution in [-0.2, 0) is 14.3 Å². The van der Waals surface area contributed by atoms with Crippen molar-refractivity contribution < 1.29 is 39.8 Å². The predicted octanol–water partition coefficient (Wildman–Crippen LogP) is 10.1. The van der Waals surface area contributed by atoms with Crippen molar-refractivity contribution in [2.75, 3.05) is 13.2 Å². The van der Waals surface area contributed by atoms with E-state index < -0.39 is 49.5 Å². The molecule has 1 heterocycles. The number of nitrogens with one attached hydrogen (secondary N) is 1. The quantitative estimate of drug-likeness (QED) is 0.0266. The van der Waals surface area contributed by atoms with Gasteiger partial charge in [-0.3, -0.25) is 4.79 Å². The molecule has 7 unspecified atom stereocenters. The smallest absolute Gasteiger partial charge is 0.220 e. The highest BCUT2D eigenvalue weighted by Crippen LogP contribution is 2.22. The van der Waals surface area contributed by atoms with Gasteiger partial charge in [-0.1, -0.05) is 192 Å². The second-order valence-corrected chi connectivity index (χ2v) is 16.5. The molecule has 0 aromatic heterocycles. The Kier molecular flexibility index (Phi) is 36.2. The van der Waals surface area contributed by atoms with Crippen molar-refractivity contribution >= 4 is 5.91 Å². The minimum Gasteiger partial charge on any atom is -0.394 e. The van der Waals surface area contributed by atoms with E-state index in [1.807, 2.05) is 6.08 Å². The summed E-state index contributed by atoms with van der Waals surface area (Å²) in [6, 6.07) is -0.822. The Morgan fingerprint density at radius 2 is 1.00 bits per heavy atom. The van der Waals surface area contributed by atoms with Crippen molar-refractivity contribution in [2.45, 2.75) is 249 Å². The topological polar surface area (TPSA) is 149 Å². The predicted molar refractivity (Wildman–Crippen MR) is 235 cm³/mol. The SMILES string of the molecule is CCCCCCCCCCCCCCCCCCC/C=C/CC/C=C/CC/C=C/C(O)C(COC1OC(CO)C(O)C(O)C1O)NC(=O)CCCCCCCCC. The standard InChI is InChI=1S/C48H89NO8/c1-3-5-7-9-11-12-13-14-15-16-17-18-19-20-21-22-23-24-25-26-27-28-29-30-32-33-35-37-42(51)41(49-44(52)38-36-34-31-10-8-6-4-2)40-56-48-47(55)46(54)45(53)43(39-50)57-48/h25-26,29-30,35,37,41-43,45-48,50-51,53-55H,3-24,27-28,31-34,36,38-40H2,1-2H3,(H,49,52)/b26-25+,30-29+,37-35+. The van der Waals surface area contributed by atoms with E-state index in [4.69, 9.17) is 9.47 Å². The van der Waals surface area contributed by atoms with Crippen LogP contribution in [0.1, 0.15) is 206 Å². The molecule has 1 aliphatic heterocycles. The normalized spacial score (nSPS) is 21.3. The fourth-order valence-corrected chi connectivity index (χ4v) is 7.36. The highest BCUT2D eigenvalue weighted by Gasteiger charge is 2.44. The van der Waals surface area contributed by atoms with Gasteiger partial charge < -0.3 is 40.3 Å². The molecule has 0 saturated carbocycles. The Balaban J connectivity index is 2.23. The maximum Gasteiger partial charge on any atom is 0.220 e. The van der Waals surface area contributed by atoms with E-state index in [1.165, 1.54) is 141 Å². The Labute approximate surface area is 349 Å². The summed E-state index contributed by atoms with van der Waals surface area (Å²) >= 11 is 0. The molecule has 334 valence electrons. The number of carbonyl (C=O) groups excluding carboxylic acids is 1. The number of hydrogen-bond acceptors (Lipinski definition) is 8. The second-order valence-electron chi connectivity index (χ2n) is 16.5. The van der Waals surface area contributed by atoms with Crippen LogP contribution in [0.4, 0.5) is 0 Å². The van der Waals surface area contributed by atoms with E-state index in [9.17, 15) is 30.3 Å². The number of ether oxygens (including phenoxy) is 2. The summed E-state index contributed by atoms with van der Waals surface area (Å²) < 4.78 is 11.1. The lowest BCUT2D eigenvalue weighted by Gasteiger charge is -2.40. The molecule has 0 radical (unpaired) electrons. The zero-order chi connectivity index (χ0) is 41.6. The zero-order valence-electron chi connectivity index (χ0n) is 36.6. The molecule has 7 atom stereocenters. The van der Waals surface area contributed by atoms with E-state index in [0.29, 0.717) is 6.42 Å². The number of hydrogen-bond donors (Lipinski definition) is 6. The fourth-order valence-electron chi connectivity index (χ4n) is 7.36. The lowest BCUT2D eigenvalue weighted by molar-refractivity contribution is -0.302. The van der Waals surface area contributed by atoms with Gasteiger partial charge in [-0.15, -0.1) is 0 Å². The number of unbranched alkanes of at least 4 members (excludes halogenated alkanes) is 25. The zero-order valence-corrected chi connectivity index (χ0v) is 36.6. The first-order chi connectivity index (χ1) is 27.8. The van der Waals surface area contributed by atoms with E-state index in [0.717, 1.165) is 44.9 Å². The molecule has 0 aromatic rings. The largest absolute Gasteiger partial charge is 0.394 e. The average molecular weight is 808 g/mol. The maximum absolute atomic E-state index is 12.8. The minimum absolute atomic E-state index is 0.199. The van der Waals surface area contributed by atoms with Gasteiger partial charge in [0.05, 0.1) is 25.4 Å². The number of carbonyl (C=O) groups is 1. The molecule has 1 saturated heterocycles. The van der Waals surface area contributed by atoms with Crippen molar-refractivity contribution in [3.63, 3.8) is 0 Å². The maximum atomic E-state index is 12.8. The molecule has 0 aromatic carbocycles. The monoisotopic (exact) mass is 808 g/mol. The average Bonchev–Trinajstić information content (AvgIpc) is 3.21. The first-order valence-corrected chi connectivity index (χ1v) is 23.7. The van der Waals surface area contributed by atoms with E-state index in [2.05, 4.69) is 43.5 Å². The fraction of sp³-hybridized carbons (Fsp3) is 0.854. The Morgan fingerprint density at radius 3 is 1.47 bits per heavy atom. The molecule has 0 bridgehead atoms. The molecule has 0 spiro atoms. The number of allylic oxidation sites excluding steroid dienone is 5. The van der Waals surface area contributed by atoms with E-state index in [1.54, 1.807) is 6.08 Å². The Morgan fingerprint density at radius 1 is 0.579 bits per heavy atom. The molecule has 0 aliphatic carbocycles. The number of amides is 1. The van der Waals surface area contributed by atoms with Crippen molar-refractivity contribution in [3.8, 4) is 0 Å². The second kappa shape index (κ2) is 38.6. The molecule has 1 rings (SSSR count). The summed E-state index contributed by atoms with van der Waals surface area (Å²) in [5, 5.41) is 53.9. The summed E-state index contributed by atoms with van der Waals surface area (Å²) in [5.74, 6) is -0.199. The van der Waals surface area contributed by atoms with E-state index in [-0.39, 0.29) is 12.5 Å². The third kappa shape index (κ3) is 29.3. The summed E-state index contributed by atoms with van der Waals surface area (Å²) in [6.45, 7) is 3.70. The number of aliphatic hydroxyl groups excluding tert-OH is 5. The lowest BCUT2D eigenvalue weighted by atomic mass is 9.99. The molecule has 6 N–H and O–H groups in total. The van der Waals surface area contributed by atoms with Crippen LogP contribution in [0.25, 0.3) is 0 Å². The van der Waals surface area contributed by atoms with Gasteiger partial charge in [0.1, 0.15) is 24.4 Å². The van der Waals surface area contributed by atoms with Crippen molar-refractivity contribution in [3.05, 3.63) is 36.5 Å². The first-order valence-electron chi connectivity index (χ1n) is 23.7. The minimum atomic E-state index is -1.57. The van der Waals surface area contributed by atoms with Crippen molar-refractivity contribution in [1.29, 1.82) is 0 Å². The van der Waals surface area contributed by atoms with Crippen LogP contribution in [0.15, 0.2) is 36.5 Å². The highest BCUT2D eigenvalue weighted by atomic mass is 16.7. The van der Waals surface area contributed by atoms with Gasteiger partial charge in [0, 0.05) is 6.42 Å². The first kappa shape index (κ1) is 53.4. The van der Waals surface area contributed by atoms with Gasteiger partial charge in [0.25, 0.3) is 0 Å². The van der Waals surface area contributed by atoms with Gasteiger partial charge in [0.2, 0.25) is 5.91 Å². The summed E-state index contributed by atoms with van der Waals surface area (Å²) in [4.78, 5) is 12.8. The van der Waals surface area contributed by atoms with Gasteiger partial charge in [-0.05, 0) is 44.9 Å².